The first-order chi connectivity index (χ1) is 9.56. The molecule has 0 aromatic carbocycles. The zero-order valence-corrected chi connectivity index (χ0v) is 13.9. The van der Waals surface area contributed by atoms with Gasteiger partial charge in [-0.15, -0.1) is 0 Å². The maximum atomic E-state index is 9.64. The number of rotatable bonds is 7. The molecule has 0 amide bonds. The van der Waals surface area contributed by atoms with Crippen LogP contribution in [0.5, 0.6) is 0 Å². The molecule has 1 aliphatic carbocycles. The van der Waals surface area contributed by atoms with Gasteiger partial charge >= 0.3 is 0 Å². The third-order valence-corrected chi connectivity index (χ3v) is 5.06. The fourth-order valence-corrected chi connectivity index (χ4v) is 3.36. The molecule has 1 N–H and O–H groups in total. The molecule has 1 saturated carbocycles. The van der Waals surface area contributed by atoms with Gasteiger partial charge in [0, 0.05) is 13.1 Å². The molecular weight excluding hydrogens is 246 g/mol. The molecule has 20 heavy (non-hydrogen) atoms. The second-order valence-corrected chi connectivity index (χ2v) is 6.58. The molecule has 1 aliphatic rings. The van der Waals surface area contributed by atoms with Gasteiger partial charge in [0.15, 0.2) is 0 Å². The van der Waals surface area contributed by atoms with Crippen molar-refractivity contribution in [3.05, 3.63) is 0 Å². The monoisotopic (exact) mass is 279 g/mol. The summed E-state index contributed by atoms with van der Waals surface area (Å²) in [4.78, 5) is 2.41. The van der Waals surface area contributed by atoms with Gasteiger partial charge in [-0.05, 0) is 44.2 Å². The molecule has 1 fully saturated rings. The molecule has 0 aliphatic heterocycles. The van der Waals surface area contributed by atoms with E-state index in [9.17, 15) is 5.26 Å². The van der Waals surface area contributed by atoms with Gasteiger partial charge in [0.2, 0.25) is 0 Å². The van der Waals surface area contributed by atoms with E-state index in [0.29, 0.717) is 0 Å². The lowest BCUT2D eigenvalue weighted by Crippen LogP contribution is -2.46. The summed E-state index contributed by atoms with van der Waals surface area (Å²) in [7, 11) is 0. The maximum absolute atomic E-state index is 9.64. The summed E-state index contributed by atoms with van der Waals surface area (Å²) in [5.41, 5.74) is -0.267. The highest BCUT2D eigenvalue weighted by Crippen LogP contribution is 2.33. The van der Waals surface area contributed by atoms with Crippen molar-refractivity contribution in [1.29, 1.82) is 5.26 Å². The lowest BCUT2D eigenvalue weighted by atomic mass is 9.87. The molecule has 0 bridgehead atoms. The third-order valence-electron chi connectivity index (χ3n) is 5.06. The Hall–Kier alpha value is -0.590. The average Bonchev–Trinajstić information content (AvgIpc) is 2.67. The van der Waals surface area contributed by atoms with Gasteiger partial charge in [-0.3, -0.25) is 5.32 Å². The summed E-state index contributed by atoms with van der Waals surface area (Å²) < 4.78 is 0. The van der Waals surface area contributed by atoms with Crippen molar-refractivity contribution in [1.82, 2.24) is 10.2 Å². The molecule has 0 aromatic rings. The molecule has 0 saturated heterocycles. The van der Waals surface area contributed by atoms with Crippen LogP contribution in [0.25, 0.3) is 0 Å². The standard InChI is InChI=1S/C17H33N3/c1-5-20(6-2)13-12-19-17(14-18)10-7-8-16(9-11-17)15(3)4/h15-16,19H,5-13H2,1-4H3. The number of nitriles is 1. The second-order valence-electron chi connectivity index (χ2n) is 6.58. The van der Waals surface area contributed by atoms with Gasteiger partial charge < -0.3 is 4.90 Å². The Balaban J connectivity index is 2.49. The van der Waals surface area contributed by atoms with Crippen LogP contribution in [0.2, 0.25) is 0 Å². The summed E-state index contributed by atoms with van der Waals surface area (Å²) in [5.74, 6) is 1.55. The van der Waals surface area contributed by atoms with Gasteiger partial charge in [-0.25, -0.2) is 0 Å². The van der Waals surface area contributed by atoms with E-state index >= 15 is 0 Å². The quantitative estimate of drug-likeness (QED) is 0.726. The average molecular weight is 279 g/mol. The predicted molar refractivity (Wildman–Crippen MR) is 85.5 cm³/mol. The second kappa shape index (κ2) is 8.64. The Morgan fingerprint density at radius 3 is 2.50 bits per heavy atom. The van der Waals surface area contributed by atoms with Crippen LogP contribution in [-0.4, -0.2) is 36.6 Å². The number of hydrogen-bond donors (Lipinski definition) is 1. The zero-order chi connectivity index (χ0) is 15.0. The van der Waals surface area contributed by atoms with Crippen molar-refractivity contribution in [3.8, 4) is 6.07 Å². The predicted octanol–water partition coefficient (Wildman–Crippen LogP) is 3.42. The van der Waals surface area contributed by atoms with Crippen molar-refractivity contribution in [3.63, 3.8) is 0 Å². The van der Waals surface area contributed by atoms with Crippen LogP contribution in [0.4, 0.5) is 0 Å². The van der Waals surface area contributed by atoms with E-state index < -0.39 is 0 Å². The lowest BCUT2D eigenvalue weighted by Gasteiger charge is -2.28. The molecule has 2 unspecified atom stereocenters. The SMILES string of the molecule is CCN(CC)CCNC1(C#N)CCCC(C(C)C)CC1. The van der Waals surface area contributed by atoms with Crippen LogP contribution in [0.1, 0.15) is 59.8 Å². The van der Waals surface area contributed by atoms with E-state index in [-0.39, 0.29) is 5.54 Å². The van der Waals surface area contributed by atoms with Crippen molar-refractivity contribution < 1.29 is 0 Å². The van der Waals surface area contributed by atoms with Crippen molar-refractivity contribution in [2.24, 2.45) is 11.8 Å². The zero-order valence-electron chi connectivity index (χ0n) is 13.9. The maximum Gasteiger partial charge on any atom is 0.106 e. The summed E-state index contributed by atoms with van der Waals surface area (Å²) in [6, 6.07) is 2.60. The van der Waals surface area contributed by atoms with Gasteiger partial charge in [0.05, 0.1) is 6.07 Å². The molecule has 0 heterocycles. The van der Waals surface area contributed by atoms with Gasteiger partial charge in [-0.2, -0.15) is 5.26 Å². The summed E-state index contributed by atoms with van der Waals surface area (Å²) >= 11 is 0. The number of nitrogens with zero attached hydrogens (tertiary/aromatic N) is 2. The highest BCUT2D eigenvalue weighted by Gasteiger charge is 2.33. The fraction of sp³-hybridized carbons (Fsp3) is 0.941. The van der Waals surface area contributed by atoms with Crippen LogP contribution in [0.15, 0.2) is 0 Å². The number of nitrogens with one attached hydrogen (secondary N) is 1. The Bertz CT molecular complexity index is 304. The van der Waals surface area contributed by atoms with Gasteiger partial charge in [0.1, 0.15) is 5.54 Å². The Morgan fingerprint density at radius 1 is 1.25 bits per heavy atom. The number of hydrogen-bond acceptors (Lipinski definition) is 3. The van der Waals surface area contributed by atoms with E-state index in [4.69, 9.17) is 0 Å². The summed E-state index contributed by atoms with van der Waals surface area (Å²) in [5, 5.41) is 13.2. The van der Waals surface area contributed by atoms with Crippen LogP contribution >= 0.6 is 0 Å². The van der Waals surface area contributed by atoms with Gasteiger partial charge in [-0.1, -0.05) is 40.5 Å². The summed E-state index contributed by atoms with van der Waals surface area (Å²) in [6.07, 6.45) is 5.71. The first-order valence-corrected chi connectivity index (χ1v) is 8.45. The Labute approximate surface area is 125 Å². The topological polar surface area (TPSA) is 39.1 Å². The normalized spacial score (nSPS) is 27.6. The minimum atomic E-state index is -0.267. The van der Waals surface area contributed by atoms with Crippen molar-refractivity contribution >= 4 is 0 Å². The number of likely N-dealkylation sites (N-methyl/N-ethyl adjacent to an activating group) is 1. The van der Waals surface area contributed by atoms with Crippen molar-refractivity contribution in [2.75, 3.05) is 26.2 Å². The van der Waals surface area contributed by atoms with Crippen LogP contribution < -0.4 is 5.32 Å². The molecule has 0 spiro atoms. The van der Waals surface area contributed by atoms with Gasteiger partial charge in [0.25, 0.3) is 0 Å². The summed E-state index contributed by atoms with van der Waals surface area (Å²) in [6.45, 7) is 13.2. The molecule has 0 radical (unpaired) electrons. The van der Waals surface area contributed by atoms with Crippen LogP contribution in [-0.2, 0) is 0 Å². The smallest absolute Gasteiger partial charge is 0.106 e. The lowest BCUT2D eigenvalue weighted by molar-refractivity contribution is 0.273. The van der Waals surface area contributed by atoms with E-state index in [0.717, 1.165) is 50.9 Å². The first-order valence-electron chi connectivity index (χ1n) is 8.45. The minimum absolute atomic E-state index is 0.267. The van der Waals surface area contributed by atoms with E-state index in [2.05, 4.69) is 44.0 Å². The van der Waals surface area contributed by atoms with E-state index in [1.807, 2.05) is 0 Å². The molecule has 116 valence electrons. The molecule has 0 aromatic heterocycles. The Morgan fingerprint density at radius 2 is 1.95 bits per heavy atom. The molecule has 3 nitrogen and oxygen atoms in total. The third kappa shape index (κ3) is 5.07. The highest BCUT2D eigenvalue weighted by atomic mass is 15.1. The fourth-order valence-electron chi connectivity index (χ4n) is 3.36. The minimum Gasteiger partial charge on any atom is -0.303 e. The van der Waals surface area contributed by atoms with E-state index in [1.165, 1.54) is 19.3 Å². The molecular formula is C17H33N3. The van der Waals surface area contributed by atoms with Crippen LogP contribution in [0, 0.1) is 23.2 Å². The van der Waals surface area contributed by atoms with Crippen LogP contribution in [0.3, 0.4) is 0 Å². The Kier molecular flexibility index (Phi) is 7.55. The molecule has 2 atom stereocenters. The largest absolute Gasteiger partial charge is 0.303 e. The van der Waals surface area contributed by atoms with E-state index in [1.54, 1.807) is 0 Å². The molecule has 1 rings (SSSR count). The van der Waals surface area contributed by atoms with Crippen molar-refractivity contribution in [2.45, 2.75) is 65.3 Å². The highest BCUT2D eigenvalue weighted by molar-refractivity contribution is 5.08. The first kappa shape index (κ1) is 17.5. The molecule has 3 heteroatoms.